The molecule has 1 aromatic heterocycles. The van der Waals surface area contributed by atoms with E-state index in [2.05, 4.69) is 26.0 Å². The fourth-order valence-electron chi connectivity index (χ4n) is 1.72. The molecule has 0 spiro atoms. The van der Waals surface area contributed by atoms with Crippen molar-refractivity contribution in [2.24, 2.45) is 0 Å². The van der Waals surface area contributed by atoms with E-state index >= 15 is 0 Å². The third-order valence-electron chi connectivity index (χ3n) is 2.72. The first-order valence-corrected chi connectivity index (χ1v) is 6.89. The monoisotopic (exact) mass is 302 g/mol. The highest BCUT2D eigenvalue weighted by atomic mass is 16.2. The lowest BCUT2D eigenvalue weighted by atomic mass is 10.1. The number of carbonyl (C=O) groups is 2. The highest BCUT2D eigenvalue weighted by molar-refractivity contribution is 5.94. The van der Waals surface area contributed by atoms with Gasteiger partial charge >= 0.3 is 6.03 Å². The quantitative estimate of drug-likeness (QED) is 0.873. The minimum Gasteiger partial charge on any atom is -0.336 e. The molecule has 0 aliphatic rings. The van der Waals surface area contributed by atoms with E-state index in [0.29, 0.717) is 5.82 Å². The van der Waals surface area contributed by atoms with Crippen LogP contribution in [-0.4, -0.2) is 38.2 Å². The predicted molar refractivity (Wildman–Crippen MR) is 79.8 cm³/mol. The Balaban J connectivity index is 1.96. The minimum atomic E-state index is -0.543. The van der Waals surface area contributed by atoms with Crippen LogP contribution in [0.4, 0.5) is 4.79 Å². The average molecular weight is 302 g/mol. The van der Waals surface area contributed by atoms with Gasteiger partial charge in [0.05, 0.1) is 0 Å². The van der Waals surface area contributed by atoms with Gasteiger partial charge in [-0.3, -0.25) is 10.1 Å². The Hall–Kier alpha value is -2.77. The summed E-state index contributed by atoms with van der Waals surface area (Å²) in [6, 6.07) is 7.06. The van der Waals surface area contributed by atoms with E-state index in [1.807, 2.05) is 31.2 Å². The average Bonchev–Trinajstić information content (AvgIpc) is 2.86. The van der Waals surface area contributed by atoms with Crippen molar-refractivity contribution in [3.63, 3.8) is 0 Å². The molecule has 0 saturated carbocycles. The van der Waals surface area contributed by atoms with Crippen molar-refractivity contribution >= 4 is 11.9 Å². The Morgan fingerprint density at radius 2 is 1.91 bits per heavy atom. The largest absolute Gasteiger partial charge is 0.336 e. The first-order valence-electron chi connectivity index (χ1n) is 6.89. The third kappa shape index (κ3) is 4.37. The van der Waals surface area contributed by atoms with Crippen molar-refractivity contribution < 1.29 is 9.59 Å². The highest BCUT2D eigenvalue weighted by Gasteiger charge is 2.12. The molecular formula is C14H18N6O2. The fraction of sp³-hybridized carbons (Fsp3) is 0.357. The van der Waals surface area contributed by atoms with E-state index in [1.165, 1.54) is 0 Å². The standard InChI is InChI=1S/C14H18N6O2/c1-9(2)15-14(22)16-12(21)8-20-18-13(17-19-20)11-6-4-10(3)5-7-11/h4-7,9H,8H2,1-3H3,(H2,15,16,21,22). The molecule has 116 valence electrons. The number of carbonyl (C=O) groups excluding carboxylic acids is 2. The fourth-order valence-corrected chi connectivity index (χ4v) is 1.72. The van der Waals surface area contributed by atoms with Crippen LogP contribution in [0.25, 0.3) is 11.4 Å². The van der Waals surface area contributed by atoms with E-state index in [-0.39, 0.29) is 12.6 Å². The molecule has 0 aliphatic carbocycles. The summed E-state index contributed by atoms with van der Waals surface area (Å²) in [5.41, 5.74) is 1.95. The molecule has 2 rings (SSSR count). The predicted octanol–water partition coefficient (Wildman–Crippen LogP) is 0.883. The summed E-state index contributed by atoms with van der Waals surface area (Å²) in [5.74, 6) is -0.0783. The summed E-state index contributed by atoms with van der Waals surface area (Å²) in [4.78, 5) is 24.2. The van der Waals surface area contributed by atoms with Gasteiger partial charge in [0, 0.05) is 11.6 Å². The third-order valence-corrected chi connectivity index (χ3v) is 2.72. The molecule has 8 nitrogen and oxygen atoms in total. The second kappa shape index (κ2) is 6.79. The van der Waals surface area contributed by atoms with Gasteiger partial charge in [0.25, 0.3) is 5.91 Å². The van der Waals surface area contributed by atoms with E-state index < -0.39 is 11.9 Å². The van der Waals surface area contributed by atoms with Crippen LogP contribution >= 0.6 is 0 Å². The van der Waals surface area contributed by atoms with Crippen LogP contribution < -0.4 is 10.6 Å². The number of benzene rings is 1. The lowest BCUT2D eigenvalue weighted by Gasteiger charge is -2.08. The van der Waals surface area contributed by atoms with Crippen LogP contribution in [0, 0.1) is 6.92 Å². The molecule has 0 unspecified atom stereocenters. The first kappa shape index (κ1) is 15.6. The Kier molecular flexibility index (Phi) is 4.82. The lowest BCUT2D eigenvalue weighted by molar-refractivity contribution is -0.121. The molecule has 1 heterocycles. The van der Waals surface area contributed by atoms with Gasteiger partial charge < -0.3 is 5.32 Å². The number of hydrogen-bond acceptors (Lipinski definition) is 5. The summed E-state index contributed by atoms with van der Waals surface area (Å²) in [6.45, 7) is 5.42. The van der Waals surface area contributed by atoms with Gasteiger partial charge in [-0.2, -0.15) is 4.80 Å². The normalized spacial score (nSPS) is 10.5. The van der Waals surface area contributed by atoms with Crippen LogP contribution in [0.2, 0.25) is 0 Å². The number of hydrogen-bond donors (Lipinski definition) is 2. The van der Waals surface area contributed by atoms with Crippen molar-refractivity contribution in [3.8, 4) is 11.4 Å². The van der Waals surface area contributed by atoms with E-state index in [0.717, 1.165) is 15.9 Å². The zero-order valence-corrected chi connectivity index (χ0v) is 12.7. The molecule has 2 aromatic rings. The maximum atomic E-state index is 11.7. The first-order chi connectivity index (χ1) is 10.4. The van der Waals surface area contributed by atoms with Crippen LogP contribution in [0.1, 0.15) is 19.4 Å². The summed E-state index contributed by atoms with van der Waals surface area (Å²) in [5, 5.41) is 16.6. The molecule has 8 heteroatoms. The van der Waals surface area contributed by atoms with Crippen molar-refractivity contribution in [1.82, 2.24) is 30.8 Å². The topological polar surface area (TPSA) is 102 Å². The number of imide groups is 1. The van der Waals surface area contributed by atoms with Gasteiger partial charge in [-0.05, 0) is 26.0 Å². The van der Waals surface area contributed by atoms with Gasteiger partial charge in [-0.1, -0.05) is 29.8 Å². The van der Waals surface area contributed by atoms with Gasteiger partial charge in [0.15, 0.2) is 0 Å². The van der Waals surface area contributed by atoms with Crippen molar-refractivity contribution in [2.75, 3.05) is 0 Å². The van der Waals surface area contributed by atoms with Crippen molar-refractivity contribution in [1.29, 1.82) is 0 Å². The molecule has 0 aliphatic heterocycles. The number of urea groups is 1. The molecule has 0 radical (unpaired) electrons. The molecule has 22 heavy (non-hydrogen) atoms. The number of amides is 3. The van der Waals surface area contributed by atoms with E-state index in [1.54, 1.807) is 13.8 Å². The summed E-state index contributed by atoms with van der Waals surface area (Å²) in [7, 11) is 0. The summed E-state index contributed by atoms with van der Waals surface area (Å²) in [6.07, 6.45) is 0. The number of tetrazole rings is 1. The lowest BCUT2D eigenvalue weighted by Crippen LogP contribution is -2.43. The molecule has 0 bridgehead atoms. The van der Waals surface area contributed by atoms with Crippen LogP contribution in [0.3, 0.4) is 0 Å². The second-order valence-corrected chi connectivity index (χ2v) is 5.19. The van der Waals surface area contributed by atoms with Crippen LogP contribution in [0.5, 0.6) is 0 Å². The van der Waals surface area contributed by atoms with Crippen molar-refractivity contribution in [3.05, 3.63) is 29.8 Å². The second-order valence-electron chi connectivity index (χ2n) is 5.19. The zero-order chi connectivity index (χ0) is 16.1. The Morgan fingerprint density at radius 3 is 2.55 bits per heavy atom. The molecular weight excluding hydrogens is 284 g/mol. The molecule has 2 N–H and O–H groups in total. The summed E-state index contributed by atoms with van der Waals surface area (Å²) >= 11 is 0. The van der Waals surface area contributed by atoms with E-state index in [4.69, 9.17) is 0 Å². The Labute approximate surface area is 127 Å². The molecule has 3 amide bonds. The molecule has 0 atom stereocenters. The Morgan fingerprint density at radius 1 is 1.23 bits per heavy atom. The van der Waals surface area contributed by atoms with Crippen molar-refractivity contribution in [2.45, 2.75) is 33.4 Å². The number of rotatable bonds is 4. The molecule has 0 fully saturated rings. The smallest absolute Gasteiger partial charge is 0.321 e. The minimum absolute atomic E-state index is 0.0505. The number of nitrogens with zero attached hydrogens (tertiary/aromatic N) is 4. The Bertz CT molecular complexity index is 662. The maximum Gasteiger partial charge on any atom is 0.321 e. The van der Waals surface area contributed by atoms with Gasteiger partial charge in [-0.25, -0.2) is 4.79 Å². The van der Waals surface area contributed by atoms with Gasteiger partial charge in [-0.15, -0.1) is 10.2 Å². The number of aryl methyl sites for hydroxylation is 1. The molecule has 1 aromatic carbocycles. The number of nitrogens with one attached hydrogen (secondary N) is 2. The maximum absolute atomic E-state index is 11.7. The van der Waals surface area contributed by atoms with Gasteiger partial charge in [0.1, 0.15) is 6.54 Å². The van der Waals surface area contributed by atoms with Gasteiger partial charge in [0.2, 0.25) is 5.82 Å². The van der Waals surface area contributed by atoms with Crippen LogP contribution in [-0.2, 0) is 11.3 Å². The van der Waals surface area contributed by atoms with Crippen LogP contribution in [0.15, 0.2) is 24.3 Å². The summed E-state index contributed by atoms with van der Waals surface area (Å²) < 4.78 is 0. The van der Waals surface area contributed by atoms with E-state index in [9.17, 15) is 9.59 Å². The zero-order valence-electron chi connectivity index (χ0n) is 12.7. The SMILES string of the molecule is Cc1ccc(-c2nnn(CC(=O)NC(=O)NC(C)C)n2)cc1. The molecule has 0 saturated heterocycles. The highest BCUT2D eigenvalue weighted by Crippen LogP contribution is 2.13. The number of aromatic nitrogens is 4.